The summed E-state index contributed by atoms with van der Waals surface area (Å²) in [4.78, 5) is 41.5. The zero-order valence-corrected chi connectivity index (χ0v) is 18.0. The summed E-state index contributed by atoms with van der Waals surface area (Å²) in [6, 6.07) is 6.54. The van der Waals surface area contributed by atoms with E-state index in [2.05, 4.69) is 5.32 Å². The van der Waals surface area contributed by atoms with Crippen LogP contribution in [-0.2, 0) is 14.3 Å². The number of hydrogen-bond acceptors (Lipinski definition) is 5. The summed E-state index contributed by atoms with van der Waals surface area (Å²) in [5.74, 6) is -0.599. The van der Waals surface area contributed by atoms with Crippen LogP contribution in [0.5, 0.6) is 0 Å². The van der Waals surface area contributed by atoms with Gasteiger partial charge in [-0.1, -0.05) is 25.0 Å². The standard InChI is InChI=1S/C22H32N4O4/c1-22(2,3)30-21(29)25-13-18-20(28)24-11-6-4-5-10-17(23)15-8-7-9-16(12-15)26(18)19(27)14-25/h7-9,12,17-18H,4-6,10-11,13-14,23H2,1-3H3,(H,24,28)/t17-,18+/m0/s1. The first-order valence-corrected chi connectivity index (χ1v) is 10.6. The van der Waals surface area contributed by atoms with Crippen LogP contribution in [0.25, 0.3) is 0 Å². The first kappa shape index (κ1) is 22.1. The lowest BCUT2D eigenvalue weighted by molar-refractivity contribution is -0.130. The SMILES string of the molecule is CC(C)(C)OC(=O)N1CC(=O)N2c3cccc(c3)[C@@H](N)CCCCCNC(=O)[C@H]2C1. The molecule has 8 nitrogen and oxygen atoms in total. The number of fused-ring (bicyclic) bond motifs is 4. The quantitative estimate of drug-likeness (QED) is 0.675. The molecule has 2 atom stereocenters. The molecule has 2 bridgehead atoms. The molecule has 164 valence electrons. The molecule has 8 heteroatoms. The second-order valence-corrected chi connectivity index (χ2v) is 8.98. The van der Waals surface area contributed by atoms with Gasteiger partial charge in [0.25, 0.3) is 0 Å². The van der Waals surface area contributed by atoms with Crippen LogP contribution in [0.15, 0.2) is 24.3 Å². The Kier molecular flexibility index (Phi) is 6.65. The van der Waals surface area contributed by atoms with Crippen molar-refractivity contribution in [2.75, 3.05) is 24.5 Å². The maximum absolute atomic E-state index is 13.1. The summed E-state index contributed by atoms with van der Waals surface area (Å²) < 4.78 is 5.42. The fraction of sp³-hybridized carbons (Fsp3) is 0.591. The largest absolute Gasteiger partial charge is 0.444 e. The zero-order valence-electron chi connectivity index (χ0n) is 18.0. The number of nitrogens with one attached hydrogen (secondary N) is 1. The van der Waals surface area contributed by atoms with Gasteiger partial charge in [0.1, 0.15) is 18.2 Å². The Morgan fingerprint density at radius 1 is 1.20 bits per heavy atom. The molecule has 3 amide bonds. The Bertz CT molecular complexity index is 805. The molecule has 1 fully saturated rings. The lowest BCUT2D eigenvalue weighted by Crippen LogP contribution is -2.63. The molecule has 0 spiro atoms. The molecule has 1 aromatic carbocycles. The van der Waals surface area contributed by atoms with Crippen LogP contribution in [0.3, 0.4) is 0 Å². The molecule has 30 heavy (non-hydrogen) atoms. The van der Waals surface area contributed by atoms with Crippen molar-refractivity contribution in [1.82, 2.24) is 10.2 Å². The minimum absolute atomic E-state index is 0.0722. The Morgan fingerprint density at radius 2 is 1.97 bits per heavy atom. The molecule has 2 heterocycles. The van der Waals surface area contributed by atoms with Crippen LogP contribution in [-0.4, -0.2) is 54.1 Å². The highest BCUT2D eigenvalue weighted by molar-refractivity contribution is 6.04. The van der Waals surface area contributed by atoms with E-state index in [4.69, 9.17) is 10.5 Å². The second kappa shape index (κ2) is 9.04. The van der Waals surface area contributed by atoms with Crippen LogP contribution < -0.4 is 16.0 Å². The van der Waals surface area contributed by atoms with Crippen molar-refractivity contribution in [2.45, 2.75) is 64.1 Å². The average molecular weight is 417 g/mol. The van der Waals surface area contributed by atoms with Crippen LogP contribution in [0, 0.1) is 0 Å². The number of rotatable bonds is 0. The highest BCUT2D eigenvalue weighted by atomic mass is 16.6. The average Bonchev–Trinajstić information content (AvgIpc) is 2.68. The number of benzene rings is 1. The van der Waals surface area contributed by atoms with Crippen molar-refractivity contribution in [3.05, 3.63) is 29.8 Å². The van der Waals surface area contributed by atoms with E-state index in [0.717, 1.165) is 31.2 Å². The molecule has 0 saturated carbocycles. The Morgan fingerprint density at radius 3 is 2.70 bits per heavy atom. The third-order valence-electron chi connectivity index (χ3n) is 5.32. The molecular formula is C22H32N4O4. The molecule has 2 aliphatic heterocycles. The van der Waals surface area contributed by atoms with Crippen LogP contribution in [0.2, 0.25) is 0 Å². The fourth-order valence-electron chi connectivity index (χ4n) is 3.83. The van der Waals surface area contributed by atoms with Crippen molar-refractivity contribution < 1.29 is 19.1 Å². The van der Waals surface area contributed by atoms with Gasteiger partial charge in [0.05, 0.1) is 6.54 Å². The van der Waals surface area contributed by atoms with Gasteiger partial charge in [-0.15, -0.1) is 0 Å². The van der Waals surface area contributed by atoms with Gasteiger partial charge < -0.3 is 15.8 Å². The van der Waals surface area contributed by atoms with Crippen molar-refractivity contribution in [2.24, 2.45) is 5.73 Å². The number of anilines is 1. The minimum Gasteiger partial charge on any atom is -0.444 e. The first-order chi connectivity index (χ1) is 14.2. The van der Waals surface area contributed by atoms with Gasteiger partial charge in [-0.05, 0) is 51.3 Å². The van der Waals surface area contributed by atoms with Crippen molar-refractivity contribution in [1.29, 1.82) is 0 Å². The van der Waals surface area contributed by atoms with E-state index in [1.54, 1.807) is 26.8 Å². The maximum atomic E-state index is 13.1. The lowest BCUT2D eigenvalue weighted by Gasteiger charge is -2.40. The molecule has 1 saturated heterocycles. The fourth-order valence-corrected chi connectivity index (χ4v) is 3.83. The first-order valence-electron chi connectivity index (χ1n) is 10.6. The van der Waals surface area contributed by atoms with Gasteiger partial charge in [-0.2, -0.15) is 0 Å². The van der Waals surface area contributed by atoms with Gasteiger partial charge in [0.2, 0.25) is 11.8 Å². The summed E-state index contributed by atoms with van der Waals surface area (Å²) >= 11 is 0. The Labute approximate surface area is 177 Å². The molecular weight excluding hydrogens is 384 g/mol. The summed E-state index contributed by atoms with van der Waals surface area (Å²) in [6.07, 6.45) is 3.03. The predicted octanol–water partition coefficient (Wildman–Crippen LogP) is 2.33. The number of hydrogen-bond donors (Lipinski definition) is 2. The predicted molar refractivity (Wildman–Crippen MR) is 114 cm³/mol. The van der Waals surface area contributed by atoms with Gasteiger partial charge >= 0.3 is 6.09 Å². The molecule has 3 N–H and O–H groups in total. The Hall–Kier alpha value is -2.61. The summed E-state index contributed by atoms with van der Waals surface area (Å²) in [5.41, 5.74) is 7.23. The van der Waals surface area contributed by atoms with E-state index in [1.807, 2.05) is 18.2 Å². The number of ether oxygens (including phenoxy) is 1. The number of nitrogens with zero attached hydrogens (tertiary/aromatic N) is 2. The summed E-state index contributed by atoms with van der Waals surface area (Å²) in [5, 5.41) is 2.92. The normalized spacial score (nSPS) is 23.5. The van der Waals surface area contributed by atoms with E-state index in [-0.39, 0.29) is 30.9 Å². The molecule has 1 aromatic rings. The topological polar surface area (TPSA) is 105 Å². The molecule has 0 aliphatic carbocycles. The lowest BCUT2D eigenvalue weighted by atomic mass is 10.00. The van der Waals surface area contributed by atoms with E-state index in [0.29, 0.717) is 12.2 Å². The molecule has 3 rings (SSSR count). The smallest absolute Gasteiger partial charge is 0.410 e. The third-order valence-corrected chi connectivity index (χ3v) is 5.32. The third kappa shape index (κ3) is 5.30. The van der Waals surface area contributed by atoms with E-state index in [1.165, 1.54) is 9.80 Å². The van der Waals surface area contributed by atoms with Crippen molar-refractivity contribution in [3.63, 3.8) is 0 Å². The summed E-state index contributed by atoms with van der Waals surface area (Å²) in [7, 11) is 0. The number of carbonyl (C=O) groups is 3. The number of carbonyl (C=O) groups excluding carboxylic acids is 3. The van der Waals surface area contributed by atoms with Crippen molar-refractivity contribution >= 4 is 23.6 Å². The van der Waals surface area contributed by atoms with Gasteiger partial charge in [0, 0.05) is 18.3 Å². The minimum atomic E-state index is -0.828. The Balaban J connectivity index is 1.93. The number of piperazine rings is 1. The monoisotopic (exact) mass is 416 g/mol. The van der Waals surface area contributed by atoms with E-state index < -0.39 is 17.7 Å². The molecule has 2 aliphatic rings. The van der Waals surface area contributed by atoms with Crippen LogP contribution in [0.1, 0.15) is 58.1 Å². The summed E-state index contributed by atoms with van der Waals surface area (Å²) in [6.45, 7) is 5.75. The second-order valence-electron chi connectivity index (χ2n) is 8.98. The van der Waals surface area contributed by atoms with Crippen molar-refractivity contribution in [3.8, 4) is 0 Å². The number of amides is 3. The van der Waals surface area contributed by atoms with Gasteiger partial charge in [0.15, 0.2) is 0 Å². The molecule has 0 radical (unpaired) electrons. The van der Waals surface area contributed by atoms with Crippen LogP contribution in [0.4, 0.5) is 10.5 Å². The highest BCUT2D eigenvalue weighted by Crippen LogP contribution is 2.27. The number of nitrogens with two attached hydrogens (primary N) is 1. The zero-order chi connectivity index (χ0) is 21.9. The van der Waals surface area contributed by atoms with Crippen LogP contribution >= 0.6 is 0 Å². The highest BCUT2D eigenvalue weighted by Gasteiger charge is 2.41. The van der Waals surface area contributed by atoms with E-state index >= 15 is 0 Å². The van der Waals surface area contributed by atoms with Gasteiger partial charge in [-0.3, -0.25) is 19.4 Å². The maximum Gasteiger partial charge on any atom is 0.410 e. The van der Waals surface area contributed by atoms with Gasteiger partial charge in [-0.25, -0.2) is 4.79 Å². The molecule has 0 unspecified atom stereocenters. The van der Waals surface area contributed by atoms with E-state index in [9.17, 15) is 14.4 Å². The molecule has 0 aromatic heterocycles.